The molecule has 13 heavy (non-hydrogen) atoms. The third-order valence-electron chi connectivity index (χ3n) is 2.30. The number of benzene rings is 1. The lowest BCUT2D eigenvalue weighted by Gasteiger charge is -2.15. The van der Waals surface area contributed by atoms with E-state index in [2.05, 4.69) is 41.5 Å². The van der Waals surface area contributed by atoms with Gasteiger partial charge in [0.2, 0.25) is 0 Å². The molecule has 1 aromatic carbocycles. The molecule has 2 nitrogen and oxygen atoms in total. The molecule has 0 aromatic heterocycles. The molecule has 0 atom stereocenters. The maximum absolute atomic E-state index is 4.47. The normalized spacial score (nSPS) is 16.2. The number of aryl methyl sites for hydroxylation is 1. The van der Waals surface area contributed by atoms with Crippen molar-refractivity contribution in [3.05, 3.63) is 35.4 Å². The molecule has 1 N–H and O–H groups in total. The highest BCUT2D eigenvalue weighted by atomic mass is 15.0. The quantitative estimate of drug-likeness (QED) is 0.689. The van der Waals surface area contributed by atoms with Crippen LogP contribution in [0.15, 0.2) is 29.3 Å². The SMILES string of the molecule is Cc1ccccc1C1=NCCCN1. The van der Waals surface area contributed by atoms with Crippen molar-refractivity contribution in [1.29, 1.82) is 0 Å². The zero-order valence-corrected chi connectivity index (χ0v) is 7.88. The van der Waals surface area contributed by atoms with Gasteiger partial charge in [0.25, 0.3) is 0 Å². The van der Waals surface area contributed by atoms with Crippen molar-refractivity contribution in [2.75, 3.05) is 13.1 Å². The molecule has 1 aromatic rings. The van der Waals surface area contributed by atoms with Crippen LogP contribution in [-0.4, -0.2) is 18.9 Å². The Morgan fingerprint density at radius 2 is 2.15 bits per heavy atom. The third kappa shape index (κ3) is 1.72. The van der Waals surface area contributed by atoms with Crippen LogP contribution in [0.3, 0.4) is 0 Å². The standard InChI is InChI=1S/C11H14N2/c1-9-5-2-3-6-10(9)11-12-7-4-8-13-11/h2-3,5-6H,4,7-8H2,1H3,(H,12,13). The van der Waals surface area contributed by atoms with E-state index in [4.69, 9.17) is 0 Å². The van der Waals surface area contributed by atoms with E-state index in [1.165, 1.54) is 11.1 Å². The smallest absolute Gasteiger partial charge is 0.128 e. The minimum absolute atomic E-state index is 0.955. The summed E-state index contributed by atoms with van der Waals surface area (Å²) in [7, 11) is 0. The molecule has 0 fully saturated rings. The van der Waals surface area contributed by atoms with Crippen LogP contribution in [0.1, 0.15) is 17.5 Å². The minimum Gasteiger partial charge on any atom is -0.370 e. The van der Waals surface area contributed by atoms with E-state index in [1.807, 2.05) is 0 Å². The summed E-state index contributed by atoms with van der Waals surface area (Å²) in [5.74, 6) is 1.06. The lowest BCUT2D eigenvalue weighted by atomic mass is 10.1. The number of nitrogens with zero attached hydrogens (tertiary/aromatic N) is 1. The second kappa shape index (κ2) is 3.60. The number of hydrogen-bond donors (Lipinski definition) is 1. The number of rotatable bonds is 1. The van der Waals surface area contributed by atoms with Gasteiger partial charge in [0.15, 0.2) is 0 Å². The van der Waals surface area contributed by atoms with Gasteiger partial charge in [-0.25, -0.2) is 0 Å². The Balaban J connectivity index is 2.34. The Hall–Kier alpha value is -1.31. The molecule has 0 spiro atoms. The Kier molecular flexibility index (Phi) is 2.30. The van der Waals surface area contributed by atoms with Gasteiger partial charge in [0.1, 0.15) is 5.84 Å². The first-order valence-electron chi connectivity index (χ1n) is 4.72. The van der Waals surface area contributed by atoms with Crippen LogP contribution in [-0.2, 0) is 0 Å². The second-order valence-electron chi connectivity index (χ2n) is 3.33. The van der Waals surface area contributed by atoms with Crippen LogP contribution in [0, 0.1) is 6.92 Å². The van der Waals surface area contributed by atoms with Gasteiger partial charge in [-0.3, -0.25) is 4.99 Å². The summed E-state index contributed by atoms with van der Waals surface area (Å²) in [5.41, 5.74) is 2.53. The molecular weight excluding hydrogens is 160 g/mol. The monoisotopic (exact) mass is 174 g/mol. The average molecular weight is 174 g/mol. The minimum atomic E-state index is 0.955. The van der Waals surface area contributed by atoms with Crippen LogP contribution < -0.4 is 5.32 Å². The topological polar surface area (TPSA) is 24.4 Å². The van der Waals surface area contributed by atoms with Crippen molar-refractivity contribution in [3.8, 4) is 0 Å². The van der Waals surface area contributed by atoms with Crippen LogP contribution >= 0.6 is 0 Å². The highest BCUT2D eigenvalue weighted by Crippen LogP contribution is 2.08. The first-order chi connectivity index (χ1) is 6.38. The molecule has 0 saturated carbocycles. The second-order valence-corrected chi connectivity index (χ2v) is 3.33. The number of aliphatic imine (C=N–C) groups is 1. The van der Waals surface area contributed by atoms with E-state index >= 15 is 0 Å². The summed E-state index contributed by atoms with van der Waals surface area (Å²) in [6.07, 6.45) is 1.15. The molecule has 1 aliphatic heterocycles. The van der Waals surface area contributed by atoms with Gasteiger partial charge in [-0.2, -0.15) is 0 Å². The van der Waals surface area contributed by atoms with Gasteiger partial charge in [-0.05, 0) is 18.9 Å². The zero-order valence-electron chi connectivity index (χ0n) is 7.88. The number of nitrogens with one attached hydrogen (secondary N) is 1. The molecule has 0 unspecified atom stereocenters. The number of hydrogen-bond acceptors (Lipinski definition) is 2. The maximum Gasteiger partial charge on any atom is 0.128 e. The molecule has 0 saturated heterocycles. The van der Waals surface area contributed by atoms with Crippen LogP contribution in [0.4, 0.5) is 0 Å². The molecule has 0 amide bonds. The Labute approximate surface area is 78.7 Å². The highest BCUT2D eigenvalue weighted by molar-refractivity contribution is 6.00. The summed E-state index contributed by atoms with van der Waals surface area (Å²) < 4.78 is 0. The van der Waals surface area contributed by atoms with Gasteiger partial charge >= 0.3 is 0 Å². The van der Waals surface area contributed by atoms with Gasteiger partial charge in [0, 0.05) is 18.7 Å². The summed E-state index contributed by atoms with van der Waals surface area (Å²) in [6.45, 7) is 4.12. The molecule has 1 heterocycles. The molecule has 0 aliphatic carbocycles. The Morgan fingerprint density at radius 3 is 2.85 bits per heavy atom. The average Bonchev–Trinajstić information content (AvgIpc) is 2.20. The molecule has 0 radical (unpaired) electrons. The maximum atomic E-state index is 4.47. The Bertz CT molecular complexity index is 329. The summed E-state index contributed by atoms with van der Waals surface area (Å²) in [6, 6.07) is 8.35. The van der Waals surface area contributed by atoms with E-state index in [9.17, 15) is 0 Å². The number of amidine groups is 1. The fourth-order valence-corrected chi connectivity index (χ4v) is 1.55. The third-order valence-corrected chi connectivity index (χ3v) is 2.30. The van der Waals surface area contributed by atoms with Crippen LogP contribution in [0.5, 0.6) is 0 Å². The first-order valence-corrected chi connectivity index (χ1v) is 4.72. The Morgan fingerprint density at radius 1 is 1.31 bits per heavy atom. The van der Waals surface area contributed by atoms with E-state index < -0.39 is 0 Å². The lowest BCUT2D eigenvalue weighted by molar-refractivity contribution is 0.742. The molecule has 68 valence electrons. The van der Waals surface area contributed by atoms with Gasteiger partial charge in [-0.1, -0.05) is 24.3 Å². The predicted octanol–water partition coefficient (Wildman–Crippen LogP) is 1.73. The lowest BCUT2D eigenvalue weighted by Crippen LogP contribution is -2.30. The fourth-order valence-electron chi connectivity index (χ4n) is 1.55. The predicted molar refractivity (Wildman–Crippen MR) is 55.2 cm³/mol. The molecular formula is C11H14N2. The zero-order chi connectivity index (χ0) is 9.10. The van der Waals surface area contributed by atoms with Crippen molar-refractivity contribution >= 4 is 5.84 Å². The van der Waals surface area contributed by atoms with Crippen molar-refractivity contribution in [2.45, 2.75) is 13.3 Å². The van der Waals surface area contributed by atoms with Gasteiger partial charge in [0.05, 0.1) is 0 Å². The van der Waals surface area contributed by atoms with Crippen LogP contribution in [0.2, 0.25) is 0 Å². The largest absolute Gasteiger partial charge is 0.370 e. The summed E-state index contributed by atoms with van der Waals surface area (Å²) >= 11 is 0. The van der Waals surface area contributed by atoms with Gasteiger partial charge in [-0.15, -0.1) is 0 Å². The summed E-state index contributed by atoms with van der Waals surface area (Å²) in [4.78, 5) is 4.47. The fraction of sp³-hybridized carbons (Fsp3) is 0.364. The first kappa shape index (κ1) is 8.30. The van der Waals surface area contributed by atoms with Crippen molar-refractivity contribution in [1.82, 2.24) is 5.32 Å². The van der Waals surface area contributed by atoms with Crippen molar-refractivity contribution < 1.29 is 0 Å². The molecule has 2 heteroatoms. The molecule has 0 bridgehead atoms. The summed E-state index contributed by atoms with van der Waals surface area (Å²) in [5, 5.41) is 3.33. The van der Waals surface area contributed by atoms with Crippen molar-refractivity contribution in [2.24, 2.45) is 4.99 Å². The highest BCUT2D eigenvalue weighted by Gasteiger charge is 2.07. The van der Waals surface area contributed by atoms with E-state index in [0.29, 0.717) is 0 Å². The van der Waals surface area contributed by atoms with Crippen molar-refractivity contribution in [3.63, 3.8) is 0 Å². The van der Waals surface area contributed by atoms with E-state index in [1.54, 1.807) is 0 Å². The van der Waals surface area contributed by atoms with E-state index in [0.717, 1.165) is 25.3 Å². The van der Waals surface area contributed by atoms with Gasteiger partial charge < -0.3 is 5.32 Å². The molecule has 1 aliphatic rings. The van der Waals surface area contributed by atoms with Crippen LogP contribution in [0.25, 0.3) is 0 Å². The van der Waals surface area contributed by atoms with E-state index in [-0.39, 0.29) is 0 Å². The molecule has 2 rings (SSSR count).